The van der Waals surface area contributed by atoms with Crippen LogP contribution >= 0.6 is 0 Å². The number of hydrogen-bond donors (Lipinski definition) is 1. The Morgan fingerprint density at radius 2 is 1.94 bits per heavy atom. The molecule has 1 N–H and O–H groups in total. The van der Waals surface area contributed by atoms with E-state index in [4.69, 9.17) is 0 Å². The lowest BCUT2D eigenvalue weighted by atomic mass is 9.84. The van der Waals surface area contributed by atoms with Crippen molar-refractivity contribution >= 4 is 11.9 Å². The highest BCUT2D eigenvalue weighted by Crippen LogP contribution is 2.47. The molecule has 18 heavy (non-hydrogen) atoms. The lowest BCUT2D eigenvalue weighted by Crippen LogP contribution is -2.45. The molecule has 1 amide bonds. The Labute approximate surface area is 108 Å². The molecule has 4 heteroatoms. The van der Waals surface area contributed by atoms with Gasteiger partial charge < -0.3 is 10.0 Å². The molecule has 0 aromatic carbocycles. The van der Waals surface area contributed by atoms with E-state index in [-0.39, 0.29) is 11.3 Å². The fourth-order valence-electron chi connectivity index (χ4n) is 3.47. The summed E-state index contributed by atoms with van der Waals surface area (Å²) in [6.07, 6.45) is 5.54. The minimum absolute atomic E-state index is 0.105. The monoisotopic (exact) mass is 253 g/mol. The molecule has 2 aliphatic rings. The SMILES string of the molecule is CC(C)C[C@@H](C(=O)O)N1CCC2(CCCC2)C1=O. The van der Waals surface area contributed by atoms with Crippen LogP contribution in [0.15, 0.2) is 0 Å². The number of amides is 1. The van der Waals surface area contributed by atoms with Crippen molar-refractivity contribution < 1.29 is 14.7 Å². The maximum absolute atomic E-state index is 12.5. The zero-order valence-corrected chi connectivity index (χ0v) is 11.3. The molecule has 2 rings (SSSR count). The summed E-state index contributed by atoms with van der Waals surface area (Å²) in [5.74, 6) is -0.459. The van der Waals surface area contributed by atoms with Crippen LogP contribution in [0, 0.1) is 11.3 Å². The second-order valence-electron chi connectivity index (χ2n) is 6.22. The highest BCUT2D eigenvalue weighted by atomic mass is 16.4. The van der Waals surface area contributed by atoms with Crippen LogP contribution in [0.1, 0.15) is 52.4 Å². The minimum atomic E-state index is -0.855. The highest BCUT2D eigenvalue weighted by molar-refractivity contribution is 5.89. The van der Waals surface area contributed by atoms with E-state index in [0.29, 0.717) is 18.9 Å². The maximum atomic E-state index is 12.5. The van der Waals surface area contributed by atoms with Gasteiger partial charge >= 0.3 is 5.97 Å². The van der Waals surface area contributed by atoms with Gasteiger partial charge in [-0.2, -0.15) is 0 Å². The van der Waals surface area contributed by atoms with Gasteiger partial charge in [-0.05, 0) is 31.6 Å². The largest absolute Gasteiger partial charge is 0.480 e. The number of rotatable bonds is 4. The van der Waals surface area contributed by atoms with Crippen LogP contribution in [0.25, 0.3) is 0 Å². The maximum Gasteiger partial charge on any atom is 0.326 e. The molecule has 2 fully saturated rings. The summed E-state index contributed by atoms with van der Waals surface area (Å²) in [7, 11) is 0. The third-order valence-electron chi connectivity index (χ3n) is 4.46. The summed E-state index contributed by atoms with van der Waals surface area (Å²) >= 11 is 0. The second-order valence-corrected chi connectivity index (χ2v) is 6.22. The van der Waals surface area contributed by atoms with E-state index in [2.05, 4.69) is 0 Å². The lowest BCUT2D eigenvalue weighted by Gasteiger charge is -2.28. The van der Waals surface area contributed by atoms with E-state index in [1.165, 1.54) is 0 Å². The third-order valence-corrected chi connectivity index (χ3v) is 4.46. The molecule has 1 aliphatic heterocycles. The normalized spacial score (nSPS) is 24.2. The fourth-order valence-corrected chi connectivity index (χ4v) is 3.47. The summed E-state index contributed by atoms with van der Waals surface area (Å²) in [6, 6.07) is -0.627. The zero-order chi connectivity index (χ0) is 13.3. The molecule has 1 saturated heterocycles. The molecule has 0 unspecified atom stereocenters. The molecule has 1 aliphatic carbocycles. The van der Waals surface area contributed by atoms with Gasteiger partial charge in [0.15, 0.2) is 0 Å². The van der Waals surface area contributed by atoms with Crippen LogP contribution in [0.5, 0.6) is 0 Å². The Hall–Kier alpha value is -1.06. The molecular formula is C14H23NO3. The predicted octanol–water partition coefficient (Wildman–Crippen LogP) is 2.28. The van der Waals surface area contributed by atoms with Crippen LogP contribution in [-0.4, -0.2) is 34.5 Å². The van der Waals surface area contributed by atoms with E-state index < -0.39 is 12.0 Å². The quantitative estimate of drug-likeness (QED) is 0.836. The average molecular weight is 253 g/mol. The number of aliphatic carboxylic acids is 1. The molecule has 0 bridgehead atoms. The molecule has 102 valence electrons. The number of carboxylic acid groups (broad SMARTS) is 1. The van der Waals surface area contributed by atoms with Gasteiger partial charge in [-0.15, -0.1) is 0 Å². The van der Waals surface area contributed by atoms with Crippen molar-refractivity contribution in [1.82, 2.24) is 4.90 Å². The Balaban J connectivity index is 2.13. The standard InChI is InChI=1S/C14H23NO3/c1-10(2)9-11(12(16)17)15-8-7-14(13(15)18)5-3-4-6-14/h10-11H,3-9H2,1-2H3,(H,16,17)/t11-/m0/s1. The number of carbonyl (C=O) groups excluding carboxylic acids is 1. The Kier molecular flexibility index (Phi) is 3.64. The van der Waals surface area contributed by atoms with Crippen LogP contribution in [0.4, 0.5) is 0 Å². The van der Waals surface area contributed by atoms with Crippen molar-refractivity contribution in [2.24, 2.45) is 11.3 Å². The van der Waals surface area contributed by atoms with E-state index in [1.54, 1.807) is 4.90 Å². The number of carbonyl (C=O) groups is 2. The molecule has 1 atom stereocenters. The van der Waals surface area contributed by atoms with Crippen molar-refractivity contribution in [1.29, 1.82) is 0 Å². The predicted molar refractivity (Wildman–Crippen MR) is 68.1 cm³/mol. The molecule has 1 spiro atoms. The van der Waals surface area contributed by atoms with Gasteiger partial charge in [0.05, 0.1) is 5.41 Å². The average Bonchev–Trinajstić information content (AvgIpc) is 2.87. The smallest absolute Gasteiger partial charge is 0.326 e. The number of hydrogen-bond acceptors (Lipinski definition) is 2. The summed E-state index contributed by atoms with van der Waals surface area (Å²) in [5, 5.41) is 9.34. The van der Waals surface area contributed by atoms with E-state index in [1.807, 2.05) is 13.8 Å². The first-order valence-electron chi connectivity index (χ1n) is 7.00. The molecule has 1 heterocycles. The van der Waals surface area contributed by atoms with Crippen LogP contribution in [-0.2, 0) is 9.59 Å². The van der Waals surface area contributed by atoms with E-state index >= 15 is 0 Å². The number of nitrogens with zero attached hydrogens (tertiary/aromatic N) is 1. The van der Waals surface area contributed by atoms with Gasteiger partial charge in [0, 0.05) is 6.54 Å². The van der Waals surface area contributed by atoms with Crippen molar-refractivity contribution in [3.8, 4) is 0 Å². The van der Waals surface area contributed by atoms with Crippen LogP contribution in [0.3, 0.4) is 0 Å². The highest BCUT2D eigenvalue weighted by Gasteiger charge is 2.50. The molecular weight excluding hydrogens is 230 g/mol. The summed E-state index contributed by atoms with van der Waals surface area (Å²) in [4.78, 5) is 25.5. The summed E-state index contributed by atoms with van der Waals surface area (Å²) in [6.45, 7) is 4.63. The summed E-state index contributed by atoms with van der Waals surface area (Å²) in [5.41, 5.74) is -0.204. The Bertz CT molecular complexity index is 345. The van der Waals surface area contributed by atoms with Crippen molar-refractivity contribution in [3.05, 3.63) is 0 Å². The van der Waals surface area contributed by atoms with Crippen molar-refractivity contribution in [2.45, 2.75) is 58.4 Å². The van der Waals surface area contributed by atoms with Gasteiger partial charge in [-0.1, -0.05) is 26.7 Å². The zero-order valence-electron chi connectivity index (χ0n) is 11.3. The Morgan fingerprint density at radius 1 is 1.33 bits per heavy atom. The van der Waals surface area contributed by atoms with E-state index in [9.17, 15) is 14.7 Å². The minimum Gasteiger partial charge on any atom is -0.480 e. The van der Waals surface area contributed by atoms with Gasteiger partial charge in [-0.25, -0.2) is 4.79 Å². The molecule has 1 saturated carbocycles. The first-order chi connectivity index (χ1) is 8.46. The van der Waals surface area contributed by atoms with Crippen LogP contribution < -0.4 is 0 Å². The van der Waals surface area contributed by atoms with Gasteiger partial charge in [0.1, 0.15) is 6.04 Å². The van der Waals surface area contributed by atoms with E-state index in [0.717, 1.165) is 32.1 Å². The molecule has 4 nitrogen and oxygen atoms in total. The topological polar surface area (TPSA) is 57.6 Å². The van der Waals surface area contributed by atoms with Crippen molar-refractivity contribution in [2.75, 3.05) is 6.54 Å². The third kappa shape index (κ3) is 2.25. The number of likely N-dealkylation sites (tertiary alicyclic amines) is 1. The summed E-state index contributed by atoms with van der Waals surface area (Å²) < 4.78 is 0. The molecule has 0 aromatic heterocycles. The van der Waals surface area contributed by atoms with Gasteiger partial charge in [-0.3, -0.25) is 4.79 Å². The number of carboxylic acids is 1. The van der Waals surface area contributed by atoms with Gasteiger partial charge in [0.25, 0.3) is 0 Å². The van der Waals surface area contributed by atoms with Crippen LogP contribution in [0.2, 0.25) is 0 Å². The first-order valence-corrected chi connectivity index (χ1v) is 7.00. The molecule has 0 aromatic rings. The first kappa shape index (κ1) is 13.4. The second kappa shape index (κ2) is 4.90. The van der Waals surface area contributed by atoms with Gasteiger partial charge in [0.2, 0.25) is 5.91 Å². The van der Waals surface area contributed by atoms with Crippen molar-refractivity contribution in [3.63, 3.8) is 0 Å². The fraction of sp³-hybridized carbons (Fsp3) is 0.857. The lowest BCUT2D eigenvalue weighted by molar-refractivity contribution is -0.151. The molecule has 0 radical (unpaired) electrons. The Morgan fingerprint density at radius 3 is 2.44 bits per heavy atom.